The van der Waals surface area contributed by atoms with Crippen LogP contribution in [0.5, 0.6) is 5.75 Å². The van der Waals surface area contributed by atoms with Gasteiger partial charge in [0.15, 0.2) is 5.17 Å². The Balaban J connectivity index is 2.61. The Bertz CT molecular complexity index is 364. The molecule has 0 atom stereocenters. The topological polar surface area (TPSA) is 47.6 Å². The van der Waals surface area contributed by atoms with E-state index in [9.17, 15) is 0 Å². The normalized spacial score (nSPS) is 11.9. The summed E-state index contributed by atoms with van der Waals surface area (Å²) < 4.78 is 5.26. The van der Waals surface area contributed by atoms with Crippen LogP contribution in [-0.2, 0) is 5.75 Å². The number of nitrogens with zero attached hydrogens (tertiary/aromatic N) is 1. The van der Waals surface area contributed by atoms with E-state index in [1.54, 1.807) is 7.11 Å². The third kappa shape index (κ3) is 4.14. The van der Waals surface area contributed by atoms with Gasteiger partial charge >= 0.3 is 0 Å². The van der Waals surface area contributed by atoms with Gasteiger partial charge in [-0.25, -0.2) is 0 Å². The molecule has 0 saturated heterocycles. The van der Waals surface area contributed by atoms with Crippen LogP contribution in [0.15, 0.2) is 29.3 Å². The fourth-order valence-corrected chi connectivity index (χ4v) is 2.09. The first-order valence-electron chi connectivity index (χ1n) is 5.21. The van der Waals surface area contributed by atoms with E-state index < -0.39 is 0 Å². The zero-order chi connectivity index (χ0) is 12.0. The molecule has 0 amide bonds. The van der Waals surface area contributed by atoms with E-state index >= 15 is 0 Å². The lowest BCUT2D eigenvalue weighted by Crippen LogP contribution is -2.10. The van der Waals surface area contributed by atoms with Gasteiger partial charge in [-0.2, -0.15) is 0 Å². The quantitative estimate of drug-likeness (QED) is 0.648. The molecule has 0 unspecified atom stereocenters. The minimum atomic E-state index is 0.241. The lowest BCUT2D eigenvalue weighted by molar-refractivity contribution is 0.411. The Morgan fingerprint density at radius 3 is 2.75 bits per heavy atom. The maximum Gasteiger partial charge on any atom is 0.154 e. The van der Waals surface area contributed by atoms with Crippen LogP contribution in [0.25, 0.3) is 0 Å². The molecule has 0 aliphatic carbocycles. The van der Waals surface area contributed by atoms with Gasteiger partial charge in [-0.1, -0.05) is 30.0 Å². The summed E-state index contributed by atoms with van der Waals surface area (Å²) in [6, 6.07) is 8.18. The zero-order valence-electron chi connectivity index (χ0n) is 9.93. The number of amidine groups is 1. The standard InChI is InChI=1S/C12H18N2OS/c1-9(2)14-12(13)16-8-10-6-4-5-7-11(10)15-3/h4-7,9H,8H2,1-3H3,(H2,13,14). The van der Waals surface area contributed by atoms with Crippen LogP contribution in [0.4, 0.5) is 0 Å². The minimum absolute atomic E-state index is 0.241. The lowest BCUT2D eigenvalue weighted by Gasteiger charge is -2.07. The number of rotatable bonds is 4. The molecule has 0 aliphatic heterocycles. The van der Waals surface area contributed by atoms with E-state index in [0.29, 0.717) is 5.17 Å². The number of hydrogen-bond donors (Lipinski definition) is 1. The number of hydrogen-bond acceptors (Lipinski definition) is 3. The highest BCUT2D eigenvalue weighted by atomic mass is 32.2. The van der Waals surface area contributed by atoms with Crippen LogP contribution < -0.4 is 10.5 Å². The van der Waals surface area contributed by atoms with Crippen molar-refractivity contribution in [3.8, 4) is 5.75 Å². The second-order valence-corrected chi connectivity index (χ2v) is 4.66. The number of para-hydroxylation sites is 1. The third-order valence-electron chi connectivity index (χ3n) is 1.95. The minimum Gasteiger partial charge on any atom is -0.496 e. The lowest BCUT2D eigenvalue weighted by atomic mass is 10.2. The summed E-state index contributed by atoms with van der Waals surface area (Å²) in [5.74, 6) is 1.68. The van der Waals surface area contributed by atoms with E-state index in [4.69, 9.17) is 10.5 Å². The van der Waals surface area contributed by atoms with Crippen LogP contribution in [0.1, 0.15) is 19.4 Å². The molecule has 3 nitrogen and oxygen atoms in total. The van der Waals surface area contributed by atoms with Crippen LogP contribution in [0, 0.1) is 0 Å². The molecule has 88 valence electrons. The zero-order valence-corrected chi connectivity index (χ0v) is 10.8. The maximum atomic E-state index is 5.79. The van der Waals surface area contributed by atoms with Crippen molar-refractivity contribution in [2.45, 2.75) is 25.6 Å². The van der Waals surface area contributed by atoms with E-state index in [1.807, 2.05) is 38.1 Å². The first kappa shape index (κ1) is 12.9. The maximum absolute atomic E-state index is 5.79. The van der Waals surface area contributed by atoms with Crippen molar-refractivity contribution in [2.75, 3.05) is 7.11 Å². The largest absolute Gasteiger partial charge is 0.496 e. The Morgan fingerprint density at radius 2 is 2.12 bits per heavy atom. The van der Waals surface area contributed by atoms with Crippen molar-refractivity contribution in [3.05, 3.63) is 29.8 Å². The van der Waals surface area contributed by atoms with Crippen molar-refractivity contribution in [1.82, 2.24) is 0 Å². The molecule has 16 heavy (non-hydrogen) atoms. The van der Waals surface area contributed by atoms with Gasteiger partial charge in [0.05, 0.1) is 7.11 Å². The predicted molar refractivity (Wildman–Crippen MR) is 71.0 cm³/mol. The fourth-order valence-electron chi connectivity index (χ4n) is 1.27. The molecule has 0 bridgehead atoms. The smallest absolute Gasteiger partial charge is 0.154 e. The molecule has 0 aliphatic rings. The van der Waals surface area contributed by atoms with E-state index in [1.165, 1.54) is 11.8 Å². The summed E-state index contributed by atoms with van der Waals surface area (Å²) in [7, 11) is 1.68. The summed E-state index contributed by atoms with van der Waals surface area (Å²) in [4.78, 5) is 4.26. The molecule has 0 spiro atoms. The molecule has 0 saturated carbocycles. The van der Waals surface area contributed by atoms with Crippen molar-refractivity contribution in [2.24, 2.45) is 10.7 Å². The summed E-state index contributed by atoms with van der Waals surface area (Å²) in [5, 5.41) is 0.626. The number of aliphatic imine (C=N–C) groups is 1. The molecular weight excluding hydrogens is 220 g/mol. The van der Waals surface area contributed by atoms with Gasteiger partial charge in [0.2, 0.25) is 0 Å². The highest BCUT2D eigenvalue weighted by Gasteiger charge is 2.03. The van der Waals surface area contributed by atoms with Crippen molar-refractivity contribution in [1.29, 1.82) is 0 Å². The first-order valence-corrected chi connectivity index (χ1v) is 6.20. The molecule has 0 aromatic heterocycles. The fraction of sp³-hybridized carbons (Fsp3) is 0.417. The number of methoxy groups -OCH3 is 1. The molecule has 1 aromatic rings. The molecular formula is C12H18N2OS. The average Bonchev–Trinajstić information content (AvgIpc) is 2.26. The Kier molecular flexibility index (Phi) is 5.19. The summed E-state index contributed by atoms with van der Waals surface area (Å²) in [6.45, 7) is 4.02. The molecule has 2 N–H and O–H groups in total. The number of benzene rings is 1. The molecule has 1 rings (SSSR count). The first-order chi connectivity index (χ1) is 7.63. The predicted octanol–water partition coefficient (Wildman–Crippen LogP) is 2.65. The molecule has 0 fully saturated rings. The van der Waals surface area contributed by atoms with Gasteiger partial charge in [0, 0.05) is 17.4 Å². The second-order valence-electron chi connectivity index (χ2n) is 3.66. The molecule has 0 heterocycles. The highest BCUT2D eigenvalue weighted by Crippen LogP contribution is 2.22. The van der Waals surface area contributed by atoms with Gasteiger partial charge in [-0.3, -0.25) is 4.99 Å². The average molecular weight is 238 g/mol. The van der Waals surface area contributed by atoms with E-state index in [0.717, 1.165) is 17.1 Å². The monoisotopic (exact) mass is 238 g/mol. The van der Waals surface area contributed by atoms with E-state index in [-0.39, 0.29) is 6.04 Å². The number of ether oxygens (including phenoxy) is 1. The summed E-state index contributed by atoms with van der Waals surface area (Å²) in [5.41, 5.74) is 6.92. The van der Waals surface area contributed by atoms with Crippen LogP contribution >= 0.6 is 11.8 Å². The summed E-state index contributed by atoms with van der Waals surface area (Å²) in [6.07, 6.45) is 0. The van der Waals surface area contributed by atoms with Gasteiger partial charge < -0.3 is 10.5 Å². The second kappa shape index (κ2) is 6.43. The van der Waals surface area contributed by atoms with Crippen molar-refractivity contribution < 1.29 is 4.74 Å². The molecule has 1 aromatic carbocycles. The van der Waals surface area contributed by atoms with E-state index in [2.05, 4.69) is 4.99 Å². The van der Waals surface area contributed by atoms with Gasteiger partial charge in [-0.05, 0) is 19.9 Å². The van der Waals surface area contributed by atoms with Gasteiger partial charge in [-0.15, -0.1) is 0 Å². The van der Waals surface area contributed by atoms with Gasteiger partial charge in [0.1, 0.15) is 5.75 Å². The molecule has 0 radical (unpaired) electrons. The van der Waals surface area contributed by atoms with Crippen LogP contribution in [0.3, 0.4) is 0 Å². The Morgan fingerprint density at radius 1 is 1.44 bits per heavy atom. The summed E-state index contributed by atoms with van der Waals surface area (Å²) >= 11 is 1.54. The van der Waals surface area contributed by atoms with Crippen LogP contribution in [0.2, 0.25) is 0 Å². The van der Waals surface area contributed by atoms with Gasteiger partial charge in [0.25, 0.3) is 0 Å². The third-order valence-corrected chi connectivity index (χ3v) is 2.81. The number of thioether (sulfide) groups is 1. The Labute approximate surface area is 101 Å². The SMILES string of the molecule is COc1ccccc1CSC(N)=NC(C)C. The highest BCUT2D eigenvalue weighted by molar-refractivity contribution is 8.13. The van der Waals surface area contributed by atoms with Crippen molar-refractivity contribution in [3.63, 3.8) is 0 Å². The number of nitrogens with two attached hydrogens (primary N) is 1. The van der Waals surface area contributed by atoms with Crippen molar-refractivity contribution >= 4 is 16.9 Å². The Hall–Kier alpha value is -1.16. The molecule has 4 heteroatoms. The van der Waals surface area contributed by atoms with Crippen LogP contribution in [-0.4, -0.2) is 18.3 Å².